The van der Waals surface area contributed by atoms with Gasteiger partial charge in [0.2, 0.25) is 5.91 Å². The first-order valence-corrected chi connectivity index (χ1v) is 9.99. The van der Waals surface area contributed by atoms with Gasteiger partial charge in [-0.1, -0.05) is 37.3 Å². The number of nitrogens with zero attached hydrogens (tertiary/aromatic N) is 2. The lowest BCUT2D eigenvalue weighted by Crippen LogP contribution is -2.42. The topological polar surface area (TPSA) is 61.8 Å². The second-order valence-corrected chi connectivity index (χ2v) is 8.03. The van der Waals surface area contributed by atoms with Gasteiger partial charge < -0.3 is 10.2 Å². The number of allylic oxidation sites excluding steroid dienone is 1. The molecule has 1 unspecified atom stereocenters. The van der Waals surface area contributed by atoms with Crippen LogP contribution in [0.1, 0.15) is 37.7 Å². The minimum atomic E-state index is -0.0854. The first-order chi connectivity index (χ1) is 13.1. The minimum absolute atomic E-state index is 0.0854. The molecule has 2 fully saturated rings. The molecule has 0 aromatic heterocycles. The van der Waals surface area contributed by atoms with Crippen LogP contribution in [0.15, 0.2) is 47.1 Å². The number of hydrogen-bond acceptors (Lipinski definition) is 3. The van der Waals surface area contributed by atoms with Crippen LogP contribution < -0.4 is 5.32 Å². The molecule has 142 valence electrons. The van der Waals surface area contributed by atoms with Gasteiger partial charge in [-0.05, 0) is 42.7 Å². The Morgan fingerprint density at radius 2 is 1.93 bits per heavy atom. The largest absolute Gasteiger partial charge is 0.350 e. The predicted molar refractivity (Wildman–Crippen MR) is 105 cm³/mol. The highest BCUT2D eigenvalue weighted by molar-refractivity contribution is 5.96. The lowest BCUT2D eigenvalue weighted by atomic mass is 9.96. The number of amides is 2. The average molecular weight is 365 g/mol. The zero-order valence-electron chi connectivity index (χ0n) is 15.8. The lowest BCUT2D eigenvalue weighted by molar-refractivity contribution is -0.134. The van der Waals surface area contributed by atoms with E-state index in [1.54, 1.807) is 6.21 Å². The molecular formula is C22H27N3O2. The molecule has 1 aliphatic carbocycles. The Bertz CT molecular complexity index is 763. The summed E-state index contributed by atoms with van der Waals surface area (Å²) in [5.74, 6) is 1.47. The van der Waals surface area contributed by atoms with Crippen molar-refractivity contribution in [1.82, 2.24) is 10.2 Å². The first-order valence-electron chi connectivity index (χ1n) is 9.99. The molecule has 2 amide bonds. The maximum atomic E-state index is 12.8. The van der Waals surface area contributed by atoms with Gasteiger partial charge in [0.15, 0.2) is 0 Å². The smallest absolute Gasteiger partial charge is 0.269 e. The van der Waals surface area contributed by atoms with E-state index in [0.717, 1.165) is 32.4 Å². The Balaban J connectivity index is 1.20. The quantitative estimate of drug-likeness (QED) is 0.872. The fourth-order valence-corrected chi connectivity index (χ4v) is 4.12. The molecule has 3 aliphatic rings. The van der Waals surface area contributed by atoms with Crippen LogP contribution >= 0.6 is 0 Å². The van der Waals surface area contributed by atoms with Crippen LogP contribution in [-0.4, -0.2) is 42.6 Å². The summed E-state index contributed by atoms with van der Waals surface area (Å²) in [6, 6.07) is 10.3. The van der Waals surface area contributed by atoms with Crippen LogP contribution in [0.2, 0.25) is 0 Å². The number of carbonyl (C=O) groups excluding carboxylic acids is 2. The minimum Gasteiger partial charge on any atom is -0.350 e. The third-order valence-corrected chi connectivity index (χ3v) is 5.92. The van der Waals surface area contributed by atoms with E-state index in [4.69, 9.17) is 0 Å². The van der Waals surface area contributed by atoms with E-state index in [0.29, 0.717) is 30.0 Å². The highest BCUT2D eigenvalue weighted by Gasteiger charge is 2.46. The van der Waals surface area contributed by atoms with Crippen molar-refractivity contribution < 1.29 is 9.59 Å². The van der Waals surface area contributed by atoms with Gasteiger partial charge >= 0.3 is 0 Å². The third-order valence-electron chi connectivity index (χ3n) is 5.92. The molecular weight excluding hydrogens is 338 g/mol. The lowest BCUT2D eigenvalue weighted by Gasteiger charge is -2.32. The van der Waals surface area contributed by atoms with Crippen LogP contribution in [0, 0.1) is 17.8 Å². The number of rotatable bonds is 5. The van der Waals surface area contributed by atoms with Crippen LogP contribution in [0.5, 0.6) is 0 Å². The van der Waals surface area contributed by atoms with E-state index >= 15 is 0 Å². The molecule has 5 heteroatoms. The van der Waals surface area contributed by atoms with Crippen molar-refractivity contribution in [3.63, 3.8) is 0 Å². The van der Waals surface area contributed by atoms with Gasteiger partial charge in [0.1, 0.15) is 5.70 Å². The van der Waals surface area contributed by atoms with Crippen LogP contribution in [0.4, 0.5) is 0 Å². The summed E-state index contributed by atoms with van der Waals surface area (Å²) in [5.41, 5.74) is 1.81. The van der Waals surface area contributed by atoms with Gasteiger partial charge in [-0.15, -0.1) is 0 Å². The monoisotopic (exact) mass is 365 g/mol. The number of likely N-dealkylation sites (tertiary alicyclic amines) is 1. The van der Waals surface area contributed by atoms with E-state index in [2.05, 4.69) is 22.4 Å². The Hall–Kier alpha value is -2.43. The Morgan fingerprint density at radius 3 is 2.59 bits per heavy atom. The van der Waals surface area contributed by atoms with Crippen molar-refractivity contribution in [2.45, 2.75) is 32.1 Å². The normalized spacial score (nSPS) is 27.4. The van der Waals surface area contributed by atoms with Crippen LogP contribution in [0.3, 0.4) is 0 Å². The van der Waals surface area contributed by atoms with Crippen molar-refractivity contribution in [2.24, 2.45) is 22.7 Å². The molecule has 3 atom stereocenters. The summed E-state index contributed by atoms with van der Waals surface area (Å²) in [4.78, 5) is 31.0. The Kier molecular flexibility index (Phi) is 5.10. The molecule has 0 spiro atoms. The van der Waals surface area contributed by atoms with Crippen molar-refractivity contribution in [2.75, 3.05) is 19.6 Å². The number of aliphatic imine (C=N–C) groups is 1. The molecule has 1 aromatic carbocycles. The maximum absolute atomic E-state index is 12.8. The van der Waals surface area contributed by atoms with E-state index in [1.807, 2.05) is 36.1 Å². The fraction of sp³-hybridized carbons (Fsp3) is 0.500. The summed E-state index contributed by atoms with van der Waals surface area (Å²) in [6.45, 7) is 4.28. The number of nitrogens with one attached hydrogen (secondary N) is 1. The number of piperidine rings is 1. The van der Waals surface area contributed by atoms with Gasteiger partial charge in [0, 0.05) is 37.7 Å². The molecule has 1 N–H and O–H groups in total. The molecule has 1 saturated heterocycles. The third kappa shape index (κ3) is 4.12. The molecule has 2 aliphatic heterocycles. The van der Waals surface area contributed by atoms with Gasteiger partial charge in [0.05, 0.1) is 0 Å². The van der Waals surface area contributed by atoms with E-state index in [-0.39, 0.29) is 17.7 Å². The summed E-state index contributed by atoms with van der Waals surface area (Å²) in [5, 5.41) is 3.00. The fourth-order valence-electron chi connectivity index (χ4n) is 4.12. The van der Waals surface area contributed by atoms with Crippen molar-refractivity contribution in [1.29, 1.82) is 0 Å². The van der Waals surface area contributed by atoms with Gasteiger partial charge in [-0.2, -0.15) is 0 Å². The second kappa shape index (κ2) is 7.67. The van der Waals surface area contributed by atoms with Crippen LogP contribution in [-0.2, 0) is 9.59 Å². The first kappa shape index (κ1) is 18.0. The molecule has 0 radical (unpaired) electrons. The maximum Gasteiger partial charge on any atom is 0.269 e. The van der Waals surface area contributed by atoms with Gasteiger partial charge in [-0.25, -0.2) is 0 Å². The van der Waals surface area contributed by atoms with Gasteiger partial charge in [0.25, 0.3) is 5.91 Å². The zero-order chi connectivity index (χ0) is 18.8. The molecule has 27 heavy (non-hydrogen) atoms. The summed E-state index contributed by atoms with van der Waals surface area (Å²) in [6.07, 6.45) is 6.56. The zero-order valence-corrected chi connectivity index (χ0v) is 15.8. The van der Waals surface area contributed by atoms with E-state index in [9.17, 15) is 9.59 Å². The standard InChI is InChI=1S/C22H27N3O2/c1-15-11-20(23-13-15)21(26)24-14-16-7-9-25(10-8-16)22(27)19-12-18(19)17-5-3-2-4-6-17/h2-6,11,13,15-16,18-19H,7-10,12,14H2,1H3,(H,24,26)/t15?,18-,19+/m0/s1. The van der Waals surface area contributed by atoms with Crippen molar-refractivity contribution in [3.05, 3.63) is 47.7 Å². The van der Waals surface area contributed by atoms with Gasteiger partial charge in [-0.3, -0.25) is 14.6 Å². The average Bonchev–Trinajstić information content (AvgIpc) is 3.40. The molecule has 0 bridgehead atoms. The van der Waals surface area contributed by atoms with Crippen molar-refractivity contribution in [3.8, 4) is 0 Å². The van der Waals surface area contributed by atoms with E-state index < -0.39 is 0 Å². The van der Waals surface area contributed by atoms with E-state index in [1.165, 1.54) is 5.56 Å². The summed E-state index contributed by atoms with van der Waals surface area (Å²) in [7, 11) is 0. The molecule has 5 nitrogen and oxygen atoms in total. The SMILES string of the molecule is CC1C=NC(C(=O)NCC2CCN(C(=O)[C@@H]3C[C@H]3c3ccccc3)CC2)=C1. The molecule has 1 saturated carbocycles. The predicted octanol–water partition coefficient (Wildman–Crippen LogP) is 2.75. The number of benzene rings is 1. The summed E-state index contributed by atoms with van der Waals surface area (Å²) < 4.78 is 0. The molecule has 2 heterocycles. The highest BCUT2D eigenvalue weighted by Crippen LogP contribution is 2.48. The second-order valence-electron chi connectivity index (χ2n) is 8.03. The van der Waals surface area contributed by atoms with Crippen molar-refractivity contribution >= 4 is 18.0 Å². The highest BCUT2D eigenvalue weighted by atomic mass is 16.2. The summed E-state index contributed by atoms with van der Waals surface area (Å²) >= 11 is 0. The number of hydrogen-bond donors (Lipinski definition) is 1. The molecule has 1 aromatic rings. The van der Waals surface area contributed by atoms with Crippen LogP contribution in [0.25, 0.3) is 0 Å². The Labute approximate surface area is 160 Å². The Morgan fingerprint density at radius 1 is 1.19 bits per heavy atom. The number of carbonyl (C=O) groups is 2. The molecule has 4 rings (SSSR count).